The Morgan fingerprint density at radius 2 is 1.78 bits per heavy atom. The van der Waals surface area contributed by atoms with E-state index in [0.717, 1.165) is 66.8 Å². The molecule has 0 saturated carbocycles. The van der Waals surface area contributed by atoms with E-state index in [1.807, 2.05) is 11.5 Å². The Kier molecular flexibility index (Phi) is 7.14. The summed E-state index contributed by atoms with van der Waals surface area (Å²) < 4.78 is 35.0. The van der Waals surface area contributed by atoms with E-state index in [1.54, 1.807) is 12.1 Å². The molecule has 32 heavy (non-hydrogen) atoms. The van der Waals surface area contributed by atoms with Crippen molar-refractivity contribution in [1.29, 1.82) is 0 Å². The van der Waals surface area contributed by atoms with E-state index in [4.69, 9.17) is 0 Å². The summed E-state index contributed by atoms with van der Waals surface area (Å²) in [6.45, 7) is 5.87. The highest BCUT2D eigenvalue weighted by atomic mass is 32.2. The van der Waals surface area contributed by atoms with Gasteiger partial charge in [-0.2, -0.15) is 8.42 Å². The molecule has 0 radical (unpaired) electrons. The quantitative estimate of drug-likeness (QED) is 0.493. The van der Waals surface area contributed by atoms with Crippen LogP contribution in [0.1, 0.15) is 42.4 Å². The molecule has 1 aliphatic rings. The van der Waals surface area contributed by atoms with E-state index in [2.05, 4.69) is 23.1 Å². The number of aromatic nitrogens is 1. The molecule has 1 aliphatic heterocycles. The van der Waals surface area contributed by atoms with Crippen molar-refractivity contribution in [3.63, 3.8) is 0 Å². The standard InChI is InChI=1S/C24H30N2O4S2/c1-18-8-10-21(32(28,29)30)17-20(18)7-5-6-19-9-11-22-23(16-19)31-24(27)26(22)15-14-25-12-3-2-4-13-25/h8-11,16-17H,2-7,12-15H2,1H3,(H,28,29,30). The van der Waals surface area contributed by atoms with Crippen molar-refractivity contribution in [2.45, 2.75) is 56.9 Å². The van der Waals surface area contributed by atoms with Gasteiger partial charge in [-0.15, -0.1) is 0 Å². The van der Waals surface area contributed by atoms with Gasteiger partial charge in [0.2, 0.25) is 0 Å². The molecule has 3 aromatic rings. The zero-order valence-electron chi connectivity index (χ0n) is 18.4. The van der Waals surface area contributed by atoms with Gasteiger partial charge < -0.3 is 4.90 Å². The van der Waals surface area contributed by atoms with Crippen LogP contribution in [0, 0.1) is 6.92 Å². The second-order valence-electron chi connectivity index (χ2n) is 8.64. The molecular weight excluding hydrogens is 444 g/mol. The van der Waals surface area contributed by atoms with Crippen molar-refractivity contribution < 1.29 is 13.0 Å². The molecule has 1 aromatic heterocycles. The number of hydrogen-bond donors (Lipinski definition) is 1. The van der Waals surface area contributed by atoms with Crippen molar-refractivity contribution in [3.8, 4) is 0 Å². The average Bonchev–Trinajstić information content (AvgIpc) is 3.07. The van der Waals surface area contributed by atoms with E-state index in [1.165, 1.54) is 42.2 Å². The van der Waals surface area contributed by atoms with E-state index in [9.17, 15) is 17.8 Å². The van der Waals surface area contributed by atoms with Crippen LogP contribution < -0.4 is 4.87 Å². The largest absolute Gasteiger partial charge is 0.308 e. The maximum absolute atomic E-state index is 12.6. The molecule has 0 bridgehead atoms. The Hall–Kier alpha value is -2.00. The molecule has 1 N–H and O–H groups in total. The van der Waals surface area contributed by atoms with E-state index in [0.29, 0.717) is 0 Å². The molecule has 6 nitrogen and oxygen atoms in total. The lowest BCUT2D eigenvalue weighted by Crippen LogP contribution is -2.33. The highest BCUT2D eigenvalue weighted by Crippen LogP contribution is 2.22. The lowest BCUT2D eigenvalue weighted by atomic mass is 10.0. The molecule has 0 spiro atoms. The highest BCUT2D eigenvalue weighted by molar-refractivity contribution is 7.85. The monoisotopic (exact) mass is 474 g/mol. The summed E-state index contributed by atoms with van der Waals surface area (Å²) >= 11 is 1.31. The Labute approximate surface area is 193 Å². The first-order valence-electron chi connectivity index (χ1n) is 11.2. The molecule has 0 amide bonds. The first-order chi connectivity index (χ1) is 15.3. The molecule has 2 aromatic carbocycles. The summed E-state index contributed by atoms with van der Waals surface area (Å²) in [7, 11) is -4.19. The van der Waals surface area contributed by atoms with Crippen molar-refractivity contribution in [3.05, 3.63) is 62.8 Å². The third-order valence-electron chi connectivity index (χ3n) is 6.35. The van der Waals surface area contributed by atoms with Crippen LogP contribution in [0.25, 0.3) is 10.2 Å². The Balaban J connectivity index is 1.41. The maximum Gasteiger partial charge on any atom is 0.308 e. The number of benzene rings is 2. The van der Waals surface area contributed by atoms with Gasteiger partial charge in [-0.3, -0.25) is 13.9 Å². The van der Waals surface area contributed by atoms with Crippen molar-refractivity contribution in [1.82, 2.24) is 9.47 Å². The highest BCUT2D eigenvalue weighted by Gasteiger charge is 2.14. The predicted octanol–water partition coefficient (Wildman–Crippen LogP) is 4.28. The van der Waals surface area contributed by atoms with Crippen molar-refractivity contribution in [2.24, 2.45) is 0 Å². The van der Waals surface area contributed by atoms with E-state index < -0.39 is 10.1 Å². The minimum atomic E-state index is -4.19. The zero-order chi connectivity index (χ0) is 22.7. The lowest BCUT2D eigenvalue weighted by molar-refractivity contribution is 0.221. The number of hydrogen-bond acceptors (Lipinski definition) is 5. The van der Waals surface area contributed by atoms with Gasteiger partial charge in [-0.1, -0.05) is 29.9 Å². The maximum atomic E-state index is 12.6. The van der Waals surface area contributed by atoms with Gasteiger partial charge in [0.15, 0.2) is 0 Å². The van der Waals surface area contributed by atoms with Crippen LogP contribution in [-0.2, 0) is 29.5 Å². The number of fused-ring (bicyclic) bond motifs is 1. The van der Waals surface area contributed by atoms with Crippen LogP contribution in [0.4, 0.5) is 0 Å². The van der Waals surface area contributed by atoms with Crippen LogP contribution in [0.15, 0.2) is 46.1 Å². The summed E-state index contributed by atoms with van der Waals surface area (Å²) in [5, 5.41) is 0. The smallest absolute Gasteiger partial charge is 0.302 e. The molecule has 0 aliphatic carbocycles. The normalized spacial score (nSPS) is 15.4. The topological polar surface area (TPSA) is 79.6 Å². The third-order valence-corrected chi connectivity index (χ3v) is 8.14. The molecule has 4 rings (SSSR count). The van der Waals surface area contributed by atoms with E-state index >= 15 is 0 Å². The van der Waals surface area contributed by atoms with Crippen molar-refractivity contribution in [2.75, 3.05) is 19.6 Å². The molecular formula is C24H30N2O4S2. The molecule has 172 valence electrons. The average molecular weight is 475 g/mol. The number of rotatable bonds is 8. The predicted molar refractivity (Wildman–Crippen MR) is 129 cm³/mol. The van der Waals surface area contributed by atoms with Gasteiger partial charge in [0.05, 0.1) is 15.1 Å². The molecule has 1 saturated heterocycles. The van der Waals surface area contributed by atoms with Crippen LogP contribution in [0.5, 0.6) is 0 Å². The third kappa shape index (κ3) is 5.49. The minimum absolute atomic E-state index is 0.0600. The summed E-state index contributed by atoms with van der Waals surface area (Å²) in [5.41, 5.74) is 4.12. The fourth-order valence-corrected chi connectivity index (χ4v) is 5.98. The first kappa shape index (κ1) is 23.2. The molecule has 0 unspecified atom stereocenters. The lowest BCUT2D eigenvalue weighted by Gasteiger charge is -2.26. The van der Waals surface area contributed by atoms with Gasteiger partial charge in [0, 0.05) is 13.1 Å². The number of likely N-dealkylation sites (tertiary alicyclic amines) is 1. The molecule has 8 heteroatoms. The summed E-state index contributed by atoms with van der Waals surface area (Å²) in [6, 6.07) is 11.0. The number of piperidine rings is 1. The number of aryl methyl sites for hydroxylation is 3. The van der Waals surface area contributed by atoms with Crippen molar-refractivity contribution >= 4 is 31.7 Å². The fourth-order valence-electron chi connectivity index (χ4n) is 4.46. The minimum Gasteiger partial charge on any atom is -0.302 e. The second kappa shape index (κ2) is 9.87. The fraction of sp³-hybridized carbons (Fsp3) is 0.458. The molecule has 0 atom stereocenters. The first-order valence-corrected chi connectivity index (χ1v) is 13.5. The SMILES string of the molecule is Cc1ccc(S(=O)(=O)O)cc1CCCc1ccc2c(c1)sc(=O)n2CCN1CCCCC1. The van der Waals surface area contributed by atoms with Crippen LogP contribution in [0.3, 0.4) is 0 Å². The van der Waals surface area contributed by atoms with E-state index in [-0.39, 0.29) is 9.77 Å². The Bertz CT molecular complexity index is 1250. The zero-order valence-corrected chi connectivity index (χ0v) is 20.1. The van der Waals surface area contributed by atoms with Crippen LogP contribution in [0.2, 0.25) is 0 Å². The van der Waals surface area contributed by atoms with Gasteiger partial charge in [0.1, 0.15) is 0 Å². The van der Waals surface area contributed by atoms with Crippen LogP contribution in [-0.4, -0.2) is 42.1 Å². The molecule has 1 fully saturated rings. The Morgan fingerprint density at radius 3 is 2.53 bits per heavy atom. The summed E-state index contributed by atoms with van der Waals surface area (Å²) in [4.78, 5) is 15.1. The Morgan fingerprint density at radius 1 is 1.00 bits per heavy atom. The summed E-state index contributed by atoms with van der Waals surface area (Å²) in [5.74, 6) is 0. The van der Waals surface area contributed by atoms with Gasteiger partial charge in [-0.05, 0) is 93.1 Å². The second-order valence-corrected chi connectivity index (χ2v) is 11.1. The molecule has 2 heterocycles. The van der Waals surface area contributed by atoms with Gasteiger partial charge in [-0.25, -0.2) is 0 Å². The van der Waals surface area contributed by atoms with Gasteiger partial charge >= 0.3 is 4.87 Å². The summed E-state index contributed by atoms with van der Waals surface area (Å²) in [6.07, 6.45) is 6.23. The van der Waals surface area contributed by atoms with Crippen LogP contribution >= 0.6 is 11.3 Å². The number of thiazole rings is 1. The number of nitrogens with zero attached hydrogens (tertiary/aromatic N) is 2. The van der Waals surface area contributed by atoms with Gasteiger partial charge in [0.25, 0.3) is 10.1 Å².